The van der Waals surface area contributed by atoms with Crippen LogP contribution in [-0.4, -0.2) is 35.4 Å². The van der Waals surface area contributed by atoms with Gasteiger partial charge in [-0.15, -0.1) is 0 Å². The summed E-state index contributed by atoms with van der Waals surface area (Å²) >= 11 is 0. The van der Waals surface area contributed by atoms with Gasteiger partial charge in [-0.25, -0.2) is 0 Å². The number of nitrogens with two attached hydrogens (primary N) is 2. The van der Waals surface area contributed by atoms with Gasteiger partial charge < -0.3 is 21.7 Å². The zero-order valence-electron chi connectivity index (χ0n) is 6.94. The van der Waals surface area contributed by atoms with Crippen LogP contribution >= 0.6 is 0 Å². The molecule has 5 heteroatoms. The Morgan fingerprint density at radius 2 is 2.08 bits per heavy atom. The van der Waals surface area contributed by atoms with Crippen molar-refractivity contribution in [1.29, 1.82) is 0 Å². The third-order valence-corrected chi connectivity index (χ3v) is 1.74. The summed E-state index contributed by atoms with van der Waals surface area (Å²) in [5.41, 5.74) is 10.5. The standard InChI is InChI=1S/C7H16N2O3/c8-2-1-5(4-10)3-6(9)7(11)12/h5-6,10H,1-4,8-9H2,(H,11,12)/t5?,6-/m0/s1. The molecule has 0 heterocycles. The molecule has 0 fully saturated rings. The van der Waals surface area contributed by atoms with Gasteiger partial charge in [0.25, 0.3) is 0 Å². The molecule has 0 aromatic heterocycles. The van der Waals surface area contributed by atoms with Crippen molar-refractivity contribution in [2.45, 2.75) is 18.9 Å². The number of carbonyl (C=O) groups is 1. The van der Waals surface area contributed by atoms with Gasteiger partial charge in [-0.1, -0.05) is 0 Å². The normalized spacial score (nSPS) is 15.6. The van der Waals surface area contributed by atoms with Crippen LogP contribution in [0.25, 0.3) is 0 Å². The molecule has 0 aliphatic carbocycles. The van der Waals surface area contributed by atoms with Gasteiger partial charge in [0.15, 0.2) is 0 Å². The van der Waals surface area contributed by atoms with Crippen LogP contribution < -0.4 is 11.5 Å². The summed E-state index contributed by atoms with van der Waals surface area (Å²) < 4.78 is 0. The molecule has 0 spiro atoms. The van der Waals surface area contributed by atoms with E-state index < -0.39 is 12.0 Å². The lowest BCUT2D eigenvalue weighted by molar-refractivity contribution is -0.139. The Kier molecular flexibility index (Phi) is 5.61. The molecule has 0 aromatic carbocycles. The van der Waals surface area contributed by atoms with Crippen LogP contribution in [0.5, 0.6) is 0 Å². The van der Waals surface area contributed by atoms with E-state index in [-0.39, 0.29) is 18.9 Å². The zero-order chi connectivity index (χ0) is 9.56. The number of aliphatic hydroxyl groups is 1. The molecule has 0 saturated heterocycles. The Morgan fingerprint density at radius 3 is 2.42 bits per heavy atom. The van der Waals surface area contributed by atoms with Gasteiger partial charge in [0.05, 0.1) is 0 Å². The molecular formula is C7H16N2O3. The second kappa shape index (κ2) is 5.93. The predicted molar refractivity (Wildman–Crippen MR) is 44.5 cm³/mol. The summed E-state index contributed by atoms with van der Waals surface area (Å²) in [6.07, 6.45) is 0.889. The summed E-state index contributed by atoms with van der Waals surface area (Å²) in [4.78, 5) is 10.3. The minimum absolute atomic E-state index is 0.0574. The summed E-state index contributed by atoms with van der Waals surface area (Å²) in [7, 11) is 0. The molecule has 0 aromatic rings. The van der Waals surface area contributed by atoms with E-state index >= 15 is 0 Å². The second-order valence-corrected chi connectivity index (χ2v) is 2.81. The van der Waals surface area contributed by atoms with Crippen LogP contribution in [0.2, 0.25) is 0 Å². The number of aliphatic carboxylic acids is 1. The first kappa shape index (κ1) is 11.4. The maximum atomic E-state index is 10.3. The van der Waals surface area contributed by atoms with Crippen LogP contribution in [0.3, 0.4) is 0 Å². The van der Waals surface area contributed by atoms with Crippen LogP contribution in [0, 0.1) is 5.92 Å². The molecule has 5 nitrogen and oxygen atoms in total. The average Bonchev–Trinajstić information content (AvgIpc) is 2.03. The van der Waals surface area contributed by atoms with Gasteiger partial charge in [-0.05, 0) is 25.3 Å². The highest BCUT2D eigenvalue weighted by Gasteiger charge is 2.17. The first-order valence-corrected chi connectivity index (χ1v) is 3.91. The van der Waals surface area contributed by atoms with E-state index in [1.54, 1.807) is 0 Å². The number of carboxylic acid groups (broad SMARTS) is 1. The molecule has 6 N–H and O–H groups in total. The van der Waals surface area contributed by atoms with Crippen LogP contribution in [-0.2, 0) is 4.79 Å². The molecule has 0 amide bonds. The zero-order valence-corrected chi connectivity index (χ0v) is 6.94. The quantitative estimate of drug-likeness (QED) is 0.404. The van der Waals surface area contributed by atoms with Crippen molar-refractivity contribution in [3.63, 3.8) is 0 Å². The molecule has 12 heavy (non-hydrogen) atoms. The molecule has 2 atom stereocenters. The molecular weight excluding hydrogens is 160 g/mol. The Morgan fingerprint density at radius 1 is 1.50 bits per heavy atom. The molecule has 1 unspecified atom stereocenters. The highest BCUT2D eigenvalue weighted by Crippen LogP contribution is 2.08. The van der Waals surface area contributed by atoms with Crippen molar-refractivity contribution in [3.8, 4) is 0 Å². The number of aliphatic hydroxyl groups excluding tert-OH is 1. The van der Waals surface area contributed by atoms with Crippen molar-refractivity contribution in [3.05, 3.63) is 0 Å². The topological polar surface area (TPSA) is 110 Å². The van der Waals surface area contributed by atoms with Crippen LogP contribution in [0.15, 0.2) is 0 Å². The maximum absolute atomic E-state index is 10.3. The SMILES string of the molecule is NCCC(CO)C[C@H](N)C(=O)O. The summed E-state index contributed by atoms with van der Waals surface area (Å²) in [5, 5.41) is 17.2. The first-order chi connectivity index (χ1) is 5.61. The predicted octanol–water partition coefficient (Wildman–Crippen LogP) is -1.25. The lowest BCUT2D eigenvalue weighted by Gasteiger charge is -2.14. The van der Waals surface area contributed by atoms with Crippen LogP contribution in [0.1, 0.15) is 12.8 Å². The number of rotatable bonds is 6. The molecule has 0 rings (SSSR count). The lowest BCUT2D eigenvalue weighted by atomic mass is 9.98. The Bertz CT molecular complexity index is 141. The Balaban J connectivity index is 3.76. The van der Waals surface area contributed by atoms with E-state index in [1.165, 1.54) is 0 Å². The molecule has 0 saturated carbocycles. The fourth-order valence-electron chi connectivity index (χ4n) is 0.979. The Hall–Kier alpha value is -0.650. The summed E-state index contributed by atoms with van der Waals surface area (Å²) in [6, 6.07) is -0.895. The van der Waals surface area contributed by atoms with Gasteiger partial charge in [-0.2, -0.15) is 0 Å². The van der Waals surface area contributed by atoms with E-state index in [9.17, 15) is 4.79 Å². The average molecular weight is 176 g/mol. The Labute approximate surface area is 71.4 Å². The number of carboxylic acids is 1. The lowest BCUT2D eigenvalue weighted by Crippen LogP contribution is -2.33. The van der Waals surface area contributed by atoms with Gasteiger partial charge in [0, 0.05) is 6.61 Å². The summed E-state index contributed by atoms with van der Waals surface area (Å²) in [5.74, 6) is -1.13. The highest BCUT2D eigenvalue weighted by atomic mass is 16.4. The van der Waals surface area contributed by atoms with Gasteiger partial charge >= 0.3 is 5.97 Å². The van der Waals surface area contributed by atoms with E-state index in [0.717, 1.165) is 0 Å². The highest BCUT2D eigenvalue weighted by molar-refractivity contribution is 5.73. The fourth-order valence-corrected chi connectivity index (χ4v) is 0.979. The van der Waals surface area contributed by atoms with Crippen molar-refractivity contribution in [2.24, 2.45) is 17.4 Å². The van der Waals surface area contributed by atoms with E-state index in [1.807, 2.05) is 0 Å². The van der Waals surface area contributed by atoms with E-state index in [0.29, 0.717) is 13.0 Å². The third kappa shape index (κ3) is 4.27. The number of hydrogen-bond acceptors (Lipinski definition) is 4. The van der Waals surface area contributed by atoms with Crippen molar-refractivity contribution >= 4 is 5.97 Å². The van der Waals surface area contributed by atoms with Crippen molar-refractivity contribution in [1.82, 2.24) is 0 Å². The van der Waals surface area contributed by atoms with Gasteiger partial charge in [0.2, 0.25) is 0 Å². The molecule has 0 bridgehead atoms. The molecule has 0 aliphatic heterocycles. The summed E-state index contributed by atoms with van der Waals surface area (Å²) in [6.45, 7) is 0.385. The monoisotopic (exact) mass is 176 g/mol. The van der Waals surface area contributed by atoms with Crippen molar-refractivity contribution < 1.29 is 15.0 Å². The maximum Gasteiger partial charge on any atom is 0.320 e. The molecule has 0 aliphatic rings. The minimum Gasteiger partial charge on any atom is -0.480 e. The van der Waals surface area contributed by atoms with Crippen LogP contribution in [0.4, 0.5) is 0 Å². The van der Waals surface area contributed by atoms with E-state index in [4.69, 9.17) is 21.7 Å². The first-order valence-electron chi connectivity index (χ1n) is 3.91. The van der Waals surface area contributed by atoms with Gasteiger partial charge in [-0.3, -0.25) is 4.79 Å². The third-order valence-electron chi connectivity index (χ3n) is 1.74. The fraction of sp³-hybridized carbons (Fsp3) is 0.857. The molecule has 72 valence electrons. The molecule has 0 radical (unpaired) electrons. The number of hydrogen-bond donors (Lipinski definition) is 4. The minimum atomic E-state index is -1.04. The smallest absolute Gasteiger partial charge is 0.320 e. The van der Waals surface area contributed by atoms with Crippen molar-refractivity contribution in [2.75, 3.05) is 13.2 Å². The van der Waals surface area contributed by atoms with Gasteiger partial charge in [0.1, 0.15) is 6.04 Å². The largest absolute Gasteiger partial charge is 0.480 e. The van der Waals surface area contributed by atoms with E-state index in [2.05, 4.69) is 0 Å². The second-order valence-electron chi connectivity index (χ2n) is 2.81.